The van der Waals surface area contributed by atoms with Gasteiger partial charge >= 0.3 is 0 Å². The Hall–Kier alpha value is -3.01. The van der Waals surface area contributed by atoms with Crippen molar-refractivity contribution in [2.75, 3.05) is 11.4 Å². The van der Waals surface area contributed by atoms with E-state index in [-0.39, 0.29) is 5.91 Å². The highest BCUT2D eigenvalue weighted by Gasteiger charge is 2.28. The minimum Gasteiger partial charge on any atom is -0.489 e. The fraction of sp³-hybridized carbons (Fsp3) is 0.150. The maximum Gasteiger partial charge on any atom is 0.294 e. The summed E-state index contributed by atoms with van der Waals surface area (Å²) in [5, 5.41) is 0. The van der Waals surface area contributed by atoms with Crippen LogP contribution in [0.1, 0.15) is 21.7 Å². The van der Waals surface area contributed by atoms with E-state index in [1.54, 1.807) is 17.2 Å². The molecule has 0 atom stereocenters. The molecule has 0 N–H and O–H groups in total. The minimum atomic E-state index is -0.114. The second kappa shape index (κ2) is 6.24. The first kappa shape index (κ1) is 14.6. The lowest BCUT2D eigenvalue weighted by Gasteiger charge is -2.16. The molecule has 4 rings (SSSR count). The number of anilines is 1. The summed E-state index contributed by atoms with van der Waals surface area (Å²) in [6.45, 7) is 0.981. The first-order chi connectivity index (χ1) is 11.8. The van der Waals surface area contributed by atoms with Crippen LogP contribution in [0.3, 0.4) is 0 Å². The second-order valence-electron chi connectivity index (χ2n) is 5.71. The number of hydrogen-bond acceptors (Lipinski definition) is 3. The number of amides is 1. The van der Waals surface area contributed by atoms with E-state index in [4.69, 9.17) is 9.15 Å². The standard InChI is InChI=1S/C20H17NO3/c22-20(21-12-10-15-6-4-5-9-18(15)21)19-16(11-13-23-19)14-24-17-7-2-1-3-8-17/h1-9,11,13H,10,12,14H2. The van der Waals surface area contributed by atoms with Crippen molar-refractivity contribution in [3.8, 4) is 5.75 Å². The number of carbonyl (C=O) groups excluding carboxylic acids is 1. The third-order valence-corrected chi connectivity index (χ3v) is 4.21. The molecule has 0 radical (unpaired) electrons. The molecule has 0 aliphatic carbocycles. The van der Waals surface area contributed by atoms with E-state index in [1.807, 2.05) is 48.5 Å². The number of rotatable bonds is 4. The summed E-state index contributed by atoms with van der Waals surface area (Å²) < 4.78 is 11.2. The molecular formula is C20H17NO3. The van der Waals surface area contributed by atoms with Crippen molar-refractivity contribution >= 4 is 11.6 Å². The van der Waals surface area contributed by atoms with E-state index in [2.05, 4.69) is 6.07 Å². The molecule has 3 aromatic rings. The molecule has 4 nitrogen and oxygen atoms in total. The lowest BCUT2D eigenvalue weighted by molar-refractivity contribution is 0.0959. The number of furan rings is 1. The second-order valence-corrected chi connectivity index (χ2v) is 5.71. The van der Waals surface area contributed by atoms with Crippen LogP contribution in [0, 0.1) is 0 Å². The fourth-order valence-corrected chi connectivity index (χ4v) is 2.99. The highest BCUT2D eigenvalue weighted by atomic mass is 16.5. The van der Waals surface area contributed by atoms with E-state index in [0.29, 0.717) is 18.9 Å². The third-order valence-electron chi connectivity index (χ3n) is 4.21. The van der Waals surface area contributed by atoms with Gasteiger partial charge in [0.05, 0.1) is 6.26 Å². The van der Waals surface area contributed by atoms with Gasteiger partial charge in [0.1, 0.15) is 12.4 Å². The number of carbonyl (C=O) groups is 1. The molecule has 0 spiro atoms. The Morgan fingerprint density at radius 1 is 1.04 bits per heavy atom. The monoisotopic (exact) mass is 319 g/mol. The van der Waals surface area contributed by atoms with E-state index >= 15 is 0 Å². The van der Waals surface area contributed by atoms with Crippen LogP contribution >= 0.6 is 0 Å². The average molecular weight is 319 g/mol. The van der Waals surface area contributed by atoms with Crippen molar-refractivity contribution in [2.24, 2.45) is 0 Å². The van der Waals surface area contributed by atoms with Gasteiger partial charge in [-0.05, 0) is 36.2 Å². The lowest BCUT2D eigenvalue weighted by Crippen LogP contribution is -2.29. The Bertz CT molecular complexity index is 854. The summed E-state index contributed by atoms with van der Waals surface area (Å²) in [7, 11) is 0. The average Bonchev–Trinajstić information content (AvgIpc) is 3.27. The third kappa shape index (κ3) is 2.67. The van der Waals surface area contributed by atoms with Crippen molar-refractivity contribution in [1.82, 2.24) is 0 Å². The smallest absolute Gasteiger partial charge is 0.294 e. The zero-order valence-electron chi connectivity index (χ0n) is 13.1. The molecule has 24 heavy (non-hydrogen) atoms. The van der Waals surface area contributed by atoms with Crippen molar-refractivity contribution < 1.29 is 13.9 Å². The molecule has 0 bridgehead atoms. The highest BCUT2D eigenvalue weighted by molar-refractivity contribution is 6.06. The molecule has 0 saturated carbocycles. The highest BCUT2D eigenvalue weighted by Crippen LogP contribution is 2.29. The Labute approximate surface area is 140 Å². The molecule has 1 aliphatic heterocycles. The first-order valence-corrected chi connectivity index (χ1v) is 7.97. The molecule has 120 valence electrons. The van der Waals surface area contributed by atoms with Crippen molar-refractivity contribution in [2.45, 2.75) is 13.0 Å². The fourth-order valence-electron chi connectivity index (χ4n) is 2.99. The van der Waals surface area contributed by atoms with Crippen LogP contribution in [-0.2, 0) is 13.0 Å². The summed E-state index contributed by atoms with van der Waals surface area (Å²) >= 11 is 0. The normalized spacial score (nSPS) is 12.9. The van der Waals surface area contributed by atoms with Crippen LogP contribution in [0.5, 0.6) is 5.75 Å². The van der Waals surface area contributed by atoms with E-state index in [0.717, 1.165) is 23.4 Å². The van der Waals surface area contributed by atoms with Crippen LogP contribution in [0.15, 0.2) is 71.3 Å². The van der Waals surface area contributed by atoms with Gasteiger partial charge in [0, 0.05) is 17.8 Å². The van der Waals surface area contributed by atoms with Gasteiger partial charge in [0.15, 0.2) is 5.76 Å². The number of para-hydroxylation sites is 2. The Balaban J connectivity index is 1.53. The van der Waals surface area contributed by atoms with Crippen LogP contribution < -0.4 is 9.64 Å². The number of hydrogen-bond donors (Lipinski definition) is 0. The summed E-state index contributed by atoms with van der Waals surface area (Å²) in [5.41, 5.74) is 2.92. The molecule has 0 fully saturated rings. The molecule has 1 aliphatic rings. The molecule has 4 heteroatoms. The molecular weight excluding hydrogens is 302 g/mol. The maximum atomic E-state index is 12.9. The van der Waals surface area contributed by atoms with Crippen LogP contribution in [0.2, 0.25) is 0 Å². The van der Waals surface area contributed by atoms with Gasteiger partial charge in [-0.3, -0.25) is 4.79 Å². The van der Waals surface area contributed by atoms with Crippen LogP contribution in [0.4, 0.5) is 5.69 Å². The number of benzene rings is 2. The Kier molecular flexibility index (Phi) is 3.79. The van der Waals surface area contributed by atoms with E-state index in [1.165, 1.54) is 5.56 Å². The molecule has 0 saturated heterocycles. The molecule has 0 unspecified atom stereocenters. The Morgan fingerprint density at radius 2 is 1.83 bits per heavy atom. The van der Waals surface area contributed by atoms with Crippen LogP contribution in [-0.4, -0.2) is 12.5 Å². The summed E-state index contributed by atoms with van der Waals surface area (Å²) in [4.78, 5) is 14.7. The number of nitrogens with zero attached hydrogens (tertiary/aromatic N) is 1. The van der Waals surface area contributed by atoms with Gasteiger partial charge in [-0.25, -0.2) is 0 Å². The predicted octanol–water partition coefficient (Wildman–Crippen LogP) is 4.06. The summed E-state index contributed by atoms with van der Waals surface area (Å²) in [6.07, 6.45) is 2.41. The van der Waals surface area contributed by atoms with Gasteiger partial charge in [0.2, 0.25) is 0 Å². The van der Waals surface area contributed by atoms with Crippen molar-refractivity contribution in [1.29, 1.82) is 0 Å². The van der Waals surface area contributed by atoms with E-state index < -0.39 is 0 Å². The Morgan fingerprint density at radius 3 is 2.71 bits per heavy atom. The zero-order chi connectivity index (χ0) is 16.4. The van der Waals surface area contributed by atoms with Gasteiger partial charge in [-0.15, -0.1) is 0 Å². The summed E-state index contributed by atoms with van der Waals surface area (Å²) in [5.74, 6) is 1.00. The minimum absolute atomic E-state index is 0.114. The summed E-state index contributed by atoms with van der Waals surface area (Å²) in [6, 6.07) is 19.3. The quantitative estimate of drug-likeness (QED) is 0.728. The lowest BCUT2D eigenvalue weighted by atomic mass is 10.2. The number of fused-ring (bicyclic) bond motifs is 1. The first-order valence-electron chi connectivity index (χ1n) is 7.97. The van der Waals surface area contributed by atoms with E-state index in [9.17, 15) is 4.79 Å². The van der Waals surface area contributed by atoms with Gasteiger partial charge in [-0.1, -0.05) is 36.4 Å². The van der Waals surface area contributed by atoms with Crippen molar-refractivity contribution in [3.63, 3.8) is 0 Å². The maximum absolute atomic E-state index is 12.9. The van der Waals surface area contributed by atoms with Crippen LogP contribution in [0.25, 0.3) is 0 Å². The SMILES string of the molecule is O=C(c1occc1COc1ccccc1)N1CCc2ccccc21. The largest absolute Gasteiger partial charge is 0.489 e. The zero-order valence-corrected chi connectivity index (χ0v) is 13.1. The van der Waals surface area contributed by atoms with Gasteiger partial charge in [-0.2, -0.15) is 0 Å². The molecule has 1 amide bonds. The molecule has 1 aromatic heterocycles. The number of ether oxygens (including phenoxy) is 1. The van der Waals surface area contributed by atoms with Gasteiger partial charge < -0.3 is 14.1 Å². The van der Waals surface area contributed by atoms with Crippen molar-refractivity contribution in [3.05, 3.63) is 83.8 Å². The van der Waals surface area contributed by atoms with Gasteiger partial charge in [0.25, 0.3) is 5.91 Å². The molecule has 2 heterocycles. The molecule has 2 aromatic carbocycles. The predicted molar refractivity (Wildman–Crippen MR) is 91.3 cm³/mol. The topological polar surface area (TPSA) is 42.7 Å².